The van der Waals surface area contributed by atoms with Crippen LogP contribution in [0.2, 0.25) is 5.31 Å². The van der Waals surface area contributed by atoms with E-state index in [4.69, 9.17) is 7.85 Å². The highest BCUT2D eigenvalue weighted by Crippen LogP contribution is 2.42. The lowest BCUT2D eigenvalue weighted by Crippen LogP contribution is -2.38. The molecule has 0 bridgehead atoms. The Hall–Kier alpha value is -2.18. The van der Waals surface area contributed by atoms with Crippen molar-refractivity contribution >= 4 is 19.7 Å². The van der Waals surface area contributed by atoms with Gasteiger partial charge in [0, 0.05) is 13.1 Å². The van der Waals surface area contributed by atoms with Crippen molar-refractivity contribution in [1.29, 1.82) is 0 Å². The van der Waals surface area contributed by atoms with Crippen LogP contribution in [0, 0.1) is 16.2 Å². The molecule has 0 aliphatic heterocycles. The zero-order chi connectivity index (χ0) is 27.9. The average Bonchev–Trinajstić information content (AvgIpc) is 2.82. The minimum Gasteiger partial charge on any atom is -0.504 e. The van der Waals surface area contributed by atoms with Gasteiger partial charge in [0.25, 0.3) is 11.8 Å². The normalized spacial score (nSPS) is 15.6. The lowest BCUT2D eigenvalue weighted by molar-refractivity contribution is 0.0901. The number of benzene rings is 1. The minimum atomic E-state index is -0.598. The zero-order valence-electron chi connectivity index (χ0n) is 24.1. The van der Waals surface area contributed by atoms with Crippen LogP contribution in [-0.4, -0.2) is 43.0 Å². The van der Waals surface area contributed by atoms with Gasteiger partial charge in [-0.15, -0.1) is 0 Å². The molecule has 202 valence electrons. The first-order valence-electron chi connectivity index (χ1n) is 13.4. The highest BCUT2D eigenvalue weighted by atomic mass is 16.3. The fourth-order valence-corrected chi connectivity index (χ4v) is 4.88. The van der Waals surface area contributed by atoms with E-state index in [1.807, 2.05) is 13.8 Å². The third-order valence-corrected chi connectivity index (χ3v) is 8.15. The van der Waals surface area contributed by atoms with Gasteiger partial charge in [-0.3, -0.25) is 9.59 Å². The fourth-order valence-electron chi connectivity index (χ4n) is 4.88. The van der Waals surface area contributed by atoms with Crippen LogP contribution >= 0.6 is 0 Å². The molecule has 2 radical (unpaired) electrons. The van der Waals surface area contributed by atoms with Crippen LogP contribution in [0.4, 0.5) is 0 Å². The maximum atomic E-state index is 12.8. The summed E-state index contributed by atoms with van der Waals surface area (Å²) < 4.78 is 0. The topological polar surface area (TPSA) is 98.7 Å². The molecule has 0 spiro atoms. The van der Waals surface area contributed by atoms with Gasteiger partial charge < -0.3 is 20.8 Å². The van der Waals surface area contributed by atoms with Crippen LogP contribution in [0.3, 0.4) is 0 Å². The number of hydrogen-bond donors (Lipinski definition) is 4. The van der Waals surface area contributed by atoms with Gasteiger partial charge in [-0.1, -0.05) is 86.9 Å². The molecule has 0 aliphatic carbocycles. The Labute approximate surface area is 220 Å². The molecular formula is C29H49BN2O4. The molecule has 0 fully saturated rings. The van der Waals surface area contributed by atoms with E-state index in [1.165, 1.54) is 12.1 Å². The van der Waals surface area contributed by atoms with Crippen LogP contribution in [0.1, 0.15) is 122 Å². The maximum absolute atomic E-state index is 12.8. The van der Waals surface area contributed by atoms with Gasteiger partial charge in [0.1, 0.15) is 0 Å². The Morgan fingerprint density at radius 2 is 1.14 bits per heavy atom. The van der Waals surface area contributed by atoms with E-state index in [1.54, 1.807) is 0 Å². The Balaban J connectivity index is 2.93. The third kappa shape index (κ3) is 8.74. The number of carbonyl (C=O) groups is 2. The van der Waals surface area contributed by atoms with E-state index in [-0.39, 0.29) is 32.7 Å². The van der Waals surface area contributed by atoms with Crippen molar-refractivity contribution in [3.05, 3.63) is 23.3 Å². The molecule has 7 heteroatoms. The van der Waals surface area contributed by atoms with E-state index in [0.29, 0.717) is 13.1 Å². The number of amides is 2. The van der Waals surface area contributed by atoms with Crippen LogP contribution < -0.4 is 10.6 Å². The molecule has 0 aliphatic rings. The van der Waals surface area contributed by atoms with E-state index in [0.717, 1.165) is 38.5 Å². The summed E-state index contributed by atoms with van der Waals surface area (Å²) in [4.78, 5) is 25.6. The van der Waals surface area contributed by atoms with Gasteiger partial charge in [0.15, 0.2) is 11.5 Å². The first-order valence-corrected chi connectivity index (χ1v) is 13.4. The molecule has 36 heavy (non-hydrogen) atoms. The molecule has 0 saturated heterocycles. The monoisotopic (exact) mass is 500 g/mol. The highest BCUT2D eigenvalue weighted by molar-refractivity contribution is 6.14. The molecule has 2 unspecified atom stereocenters. The molecule has 6 nitrogen and oxygen atoms in total. The molecule has 0 aromatic heterocycles. The Morgan fingerprint density at radius 1 is 0.722 bits per heavy atom. The Kier molecular flexibility index (Phi) is 11.0. The van der Waals surface area contributed by atoms with Gasteiger partial charge in [0.2, 0.25) is 0 Å². The van der Waals surface area contributed by atoms with Crippen molar-refractivity contribution in [2.45, 2.75) is 106 Å². The summed E-state index contributed by atoms with van der Waals surface area (Å²) in [6, 6.07) is 2.75. The first kappa shape index (κ1) is 31.9. The Morgan fingerprint density at radius 3 is 1.53 bits per heavy atom. The van der Waals surface area contributed by atoms with Crippen LogP contribution in [0.5, 0.6) is 11.5 Å². The summed E-state index contributed by atoms with van der Waals surface area (Å²) in [6.07, 6.45) is 5.43. The van der Waals surface area contributed by atoms with Crippen molar-refractivity contribution < 1.29 is 19.8 Å². The largest absolute Gasteiger partial charge is 0.504 e. The maximum Gasteiger partial charge on any atom is 0.255 e. The lowest BCUT2D eigenvalue weighted by atomic mass is 9.59. The van der Waals surface area contributed by atoms with E-state index in [9.17, 15) is 19.8 Å². The van der Waals surface area contributed by atoms with Gasteiger partial charge in [-0.05, 0) is 47.6 Å². The standard InChI is InChI=1S/C29H49BN2O4/c1-10-27(7,11-2)16-26(5,6)18-31-24(35)20-14-15-21(23(34)22(20)33)25(36)32-19-28(8,12-3)17-29(9,30)13-4/h14-15,33-34H,10-13,16-19H2,1-9H3,(H,31,35)(H,32,36). The summed E-state index contributed by atoms with van der Waals surface area (Å²) >= 11 is 0. The minimum absolute atomic E-state index is 0.0613. The van der Waals surface area contributed by atoms with E-state index >= 15 is 0 Å². The van der Waals surface area contributed by atoms with Crippen molar-refractivity contribution in [2.75, 3.05) is 13.1 Å². The second kappa shape index (κ2) is 12.4. The second-order valence-electron chi connectivity index (χ2n) is 12.4. The molecule has 2 amide bonds. The van der Waals surface area contributed by atoms with Crippen molar-refractivity contribution in [1.82, 2.24) is 10.6 Å². The van der Waals surface area contributed by atoms with Crippen LogP contribution in [-0.2, 0) is 0 Å². The quantitative estimate of drug-likeness (QED) is 0.176. The highest BCUT2D eigenvalue weighted by Gasteiger charge is 2.32. The van der Waals surface area contributed by atoms with Crippen molar-refractivity contribution in [2.24, 2.45) is 16.2 Å². The molecule has 4 N–H and O–H groups in total. The van der Waals surface area contributed by atoms with Crippen LogP contribution in [0.25, 0.3) is 0 Å². The van der Waals surface area contributed by atoms with Crippen LogP contribution in [0.15, 0.2) is 12.1 Å². The summed E-state index contributed by atoms with van der Waals surface area (Å²) in [5.74, 6) is -2.19. The number of phenols is 2. The molecule has 0 saturated carbocycles. The lowest BCUT2D eigenvalue weighted by Gasteiger charge is -2.37. The average molecular weight is 501 g/mol. The molecule has 1 aromatic rings. The molecule has 0 heterocycles. The van der Waals surface area contributed by atoms with E-state index < -0.39 is 23.3 Å². The number of phenolic OH excluding ortho intramolecular Hbond substituents is 2. The van der Waals surface area contributed by atoms with Gasteiger partial charge in [-0.25, -0.2) is 0 Å². The zero-order valence-corrected chi connectivity index (χ0v) is 24.1. The first-order chi connectivity index (χ1) is 16.5. The molecule has 1 rings (SSSR count). The summed E-state index contributed by atoms with van der Waals surface area (Å²) in [5, 5.41) is 26.5. The van der Waals surface area contributed by atoms with E-state index in [2.05, 4.69) is 59.1 Å². The number of rotatable bonds is 14. The molecular weight excluding hydrogens is 451 g/mol. The predicted molar refractivity (Wildman–Crippen MR) is 149 cm³/mol. The fraction of sp³-hybridized carbons (Fsp3) is 0.724. The number of hydrogen-bond acceptors (Lipinski definition) is 4. The number of nitrogens with one attached hydrogen (secondary N) is 2. The summed E-state index contributed by atoms with van der Waals surface area (Å²) in [6.45, 7) is 19.8. The molecule has 1 aromatic carbocycles. The van der Waals surface area contributed by atoms with Gasteiger partial charge in [-0.2, -0.15) is 0 Å². The summed E-state index contributed by atoms with van der Waals surface area (Å²) in [7, 11) is 6.36. The Bertz CT molecular complexity index is 909. The SMILES string of the molecule is [B]C(C)(CC)CC(C)(CC)CNC(=O)c1ccc(C(=O)NCC(C)(C)CC(C)(CC)CC)c(O)c1O. The number of aromatic hydroxyl groups is 2. The van der Waals surface area contributed by atoms with Crippen molar-refractivity contribution in [3.8, 4) is 11.5 Å². The summed E-state index contributed by atoms with van der Waals surface area (Å²) in [5.41, 5.74) is -0.302. The second-order valence-corrected chi connectivity index (χ2v) is 12.4. The van der Waals surface area contributed by atoms with Gasteiger partial charge >= 0.3 is 0 Å². The molecule has 2 atom stereocenters. The number of carbonyl (C=O) groups excluding carboxylic acids is 2. The van der Waals surface area contributed by atoms with Crippen molar-refractivity contribution in [3.63, 3.8) is 0 Å². The van der Waals surface area contributed by atoms with Gasteiger partial charge in [0.05, 0.1) is 19.0 Å². The predicted octanol–water partition coefficient (Wildman–Crippen LogP) is 6.36. The third-order valence-electron chi connectivity index (χ3n) is 8.15. The smallest absolute Gasteiger partial charge is 0.255 e.